The van der Waals surface area contributed by atoms with Gasteiger partial charge < -0.3 is 23.6 Å². The molecule has 1 aromatic heterocycles. The maximum Gasteiger partial charge on any atom is 0.227 e. The van der Waals surface area contributed by atoms with Crippen LogP contribution in [0.1, 0.15) is 32.1 Å². The van der Waals surface area contributed by atoms with Gasteiger partial charge in [0.25, 0.3) is 0 Å². The highest BCUT2D eigenvalue weighted by atomic mass is 16.5. The van der Waals surface area contributed by atoms with E-state index < -0.39 is 0 Å². The summed E-state index contributed by atoms with van der Waals surface area (Å²) in [5.74, 6) is 3.07. The van der Waals surface area contributed by atoms with Crippen LogP contribution in [0.3, 0.4) is 0 Å². The van der Waals surface area contributed by atoms with E-state index in [9.17, 15) is 4.79 Å². The van der Waals surface area contributed by atoms with Crippen LogP contribution in [0, 0.1) is 5.92 Å². The first-order valence-electron chi connectivity index (χ1n) is 9.46. The molecule has 1 saturated heterocycles. The van der Waals surface area contributed by atoms with Crippen molar-refractivity contribution in [1.82, 2.24) is 15.0 Å². The quantitative estimate of drug-likeness (QED) is 0.719. The SMILES string of the molecule is COc1cc(-c2noc(CCC(=O)N3CCC[C@@H](C)C3)n2)cc(OC)c1OC. The van der Waals surface area contributed by atoms with Crippen LogP contribution in [0.15, 0.2) is 16.7 Å². The Bertz CT molecular complexity index is 795. The number of benzene rings is 1. The molecule has 2 heterocycles. The third-order valence-corrected chi connectivity index (χ3v) is 4.95. The average molecular weight is 389 g/mol. The Labute approximate surface area is 164 Å². The first kappa shape index (κ1) is 20.0. The number of methoxy groups -OCH3 is 3. The van der Waals surface area contributed by atoms with Crippen LogP contribution >= 0.6 is 0 Å². The minimum Gasteiger partial charge on any atom is -0.493 e. The number of nitrogens with zero attached hydrogens (tertiary/aromatic N) is 3. The Kier molecular flexibility index (Phi) is 6.38. The number of likely N-dealkylation sites (tertiary alicyclic amines) is 1. The van der Waals surface area contributed by atoms with Gasteiger partial charge in [0.15, 0.2) is 11.5 Å². The van der Waals surface area contributed by atoms with Crippen molar-refractivity contribution in [2.24, 2.45) is 5.92 Å². The van der Waals surface area contributed by atoms with Gasteiger partial charge in [-0.1, -0.05) is 12.1 Å². The van der Waals surface area contributed by atoms with Crippen molar-refractivity contribution in [1.29, 1.82) is 0 Å². The number of rotatable bonds is 7. The fraction of sp³-hybridized carbons (Fsp3) is 0.550. The molecule has 8 heteroatoms. The molecule has 1 aliphatic rings. The van der Waals surface area contributed by atoms with Gasteiger partial charge >= 0.3 is 0 Å². The summed E-state index contributed by atoms with van der Waals surface area (Å²) >= 11 is 0. The van der Waals surface area contributed by atoms with Crippen molar-refractivity contribution in [3.63, 3.8) is 0 Å². The van der Waals surface area contributed by atoms with Crippen molar-refractivity contribution in [2.45, 2.75) is 32.6 Å². The van der Waals surface area contributed by atoms with Crippen LogP contribution in [-0.4, -0.2) is 55.4 Å². The highest BCUT2D eigenvalue weighted by Crippen LogP contribution is 2.40. The first-order chi connectivity index (χ1) is 13.5. The van der Waals surface area contributed by atoms with Crippen LogP contribution in [0.25, 0.3) is 11.4 Å². The largest absolute Gasteiger partial charge is 0.493 e. The van der Waals surface area contributed by atoms with Gasteiger partial charge in [0, 0.05) is 31.5 Å². The van der Waals surface area contributed by atoms with E-state index in [0.717, 1.165) is 19.5 Å². The molecule has 1 aliphatic heterocycles. The Morgan fingerprint density at radius 3 is 2.54 bits per heavy atom. The fourth-order valence-corrected chi connectivity index (χ4v) is 3.47. The smallest absolute Gasteiger partial charge is 0.227 e. The van der Waals surface area contributed by atoms with Crippen molar-refractivity contribution >= 4 is 5.91 Å². The van der Waals surface area contributed by atoms with Crippen molar-refractivity contribution in [3.8, 4) is 28.6 Å². The second-order valence-electron chi connectivity index (χ2n) is 7.01. The summed E-state index contributed by atoms with van der Waals surface area (Å²) in [6.45, 7) is 3.85. The van der Waals surface area contributed by atoms with E-state index in [-0.39, 0.29) is 5.91 Å². The number of ether oxygens (including phenoxy) is 3. The van der Waals surface area contributed by atoms with Crippen molar-refractivity contribution in [3.05, 3.63) is 18.0 Å². The molecule has 1 amide bonds. The van der Waals surface area contributed by atoms with Crippen molar-refractivity contribution < 1.29 is 23.5 Å². The molecule has 1 aromatic carbocycles. The molecule has 8 nitrogen and oxygen atoms in total. The molecule has 0 unspecified atom stereocenters. The third-order valence-electron chi connectivity index (χ3n) is 4.95. The zero-order valence-corrected chi connectivity index (χ0v) is 16.9. The van der Waals surface area contributed by atoms with Gasteiger partial charge in [-0.15, -0.1) is 0 Å². The average Bonchev–Trinajstić information content (AvgIpc) is 3.19. The first-order valence-corrected chi connectivity index (χ1v) is 9.46. The van der Waals surface area contributed by atoms with E-state index >= 15 is 0 Å². The Hall–Kier alpha value is -2.77. The molecular formula is C20H27N3O5. The minimum absolute atomic E-state index is 0.138. The van der Waals surface area contributed by atoms with Gasteiger partial charge in [-0.3, -0.25) is 4.79 Å². The number of amides is 1. The normalized spacial score (nSPS) is 16.7. The second-order valence-corrected chi connectivity index (χ2v) is 7.01. The third kappa shape index (κ3) is 4.37. The predicted octanol–water partition coefficient (Wildman–Crippen LogP) is 2.95. The molecule has 152 valence electrons. The summed E-state index contributed by atoms with van der Waals surface area (Å²) in [7, 11) is 4.65. The summed E-state index contributed by atoms with van der Waals surface area (Å²) in [6, 6.07) is 3.52. The summed E-state index contributed by atoms with van der Waals surface area (Å²) in [5.41, 5.74) is 0.681. The Morgan fingerprint density at radius 1 is 1.21 bits per heavy atom. The van der Waals surface area contributed by atoms with Gasteiger partial charge in [-0.2, -0.15) is 4.98 Å². The van der Waals surface area contributed by atoms with E-state index in [2.05, 4.69) is 17.1 Å². The number of hydrogen-bond acceptors (Lipinski definition) is 7. The molecule has 0 radical (unpaired) electrons. The zero-order valence-electron chi connectivity index (χ0n) is 16.9. The van der Waals surface area contributed by atoms with Crippen LogP contribution < -0.4 is 14.2 Å². The van der Waals surface area contributed by atoms with Crippen LogP contribution in [0.5, 0.6) is 17.2 Å². The maximum absolute atomic E-state index is 12.4. The van der Waals surface area contributed by atoms with E-state index in [1.165, 1.54) is 6.42 Å². The highest BCUT2D eigenvalue weighted by Gasteiger charge is 2.22. The second kappa shape index (κ2) is 8.95. The Morgan fingerprint density at radius 2 is 1.93 bits per heavy atom. The summed E-state index contributed by atoms with van der Waals surface area (Å²) in [5, 5.41) is 4.03. The molecule has 1 atom stereocenters. The minimum atomic E-state index is 0.138. The number of carbonyl (C=O) groups is 1. The number of hydrogen-bond donors (Lipinski definition) is 0. The lowest BCUT2D eigenvalue weighted by molar-refractivity contribution is -0.132. The molecule has 1 fully saturated rings. The summed E-state index contributed by atoms with van der Waals surface area (Å²) < 4.78 is 21.4. The molecule has 3 rings (SSSR count). The number of aromatic nitrogens is 2. The van der Waals surface area contributed by atoms with Gasteiger partial charge in [0.2, 0.25) is 23.4 Å². The fourth-order valence-electron chi connectivity index (χ4n) is 3.47. The van der Waals surface area contributed by atoms with E-state index in [0.29, 0.717) is 53.3 Å². The van der Waals surface area contributed by atoms with Gasteiger partial charge in [-0.05, 0) is 30.9 Å². The number of aryl methyl sites for hydroxylation is 1. The highest BCUT2D eigenvalue weighted by molar-refractivity contribution is 5.76. The summed E-state index contributed by atoms with van der Waals surface area (Å²) in [4.78, 5) is 18.8. The topological polar surface area (TPSA) is 86.9 Å². The lowest BCUT2D eigenvalue weighted by Gasteiger charge is -2.30. The van der Waals surface area contributed by atoms with Crippen LogP contribution in [0.2, 0.25) is 0 Å². The summed E-state index contributed by atoms with van der Waals surface area (Å²) in [6.07, 6.45) is 3.04. The van der Waals surface area contributed by atoms with E-state index in [4.69, 9.17) is 18.7 Å². The van der Waals surface area contributed by atoms with Gasteiger partial charge in [0.1, 0.15) is 0 Å². The predicted molar refractivity (Wildman–Crippen MR) is 103 cm³/mol. The van der Waals surface area contributed by atoms with Crippen molar-refractivity contribution in [2.75, 3.05) is 34.4 Å². The monoisotopic (exact) mass is 389 g/mol. The molecule has 0 N–H and O–H groups in total. The molecule has 0 saturated carbocycles. The number of piperidine rings is 1. The Balaban J connectivity index is 1.69. The molecule has 28 heavy (non-hydrogen) atoms. The van der Waals surface area contributed by atoms with Crippen LogP contribution in [-0.2, 0) is 11.2 Å². The molecular weight excluding hydrogens is 362 g/mol. The molecule has 0 aliphatic carbocycles. The lowest BCUT2D eigenvalue weighted by atomic mass is 10.00. The van der Waals surface area contributed by atoms with Gasteiger partial charge in [-0.25, -0.2) is 0 Å². The van der Waals surface area contributed by atoms with Crippen LogP contribution in [0.4, 0.5) is 0 Å². The maximum atomic E-state index is 12.4. The molecule has 0 bridgehead atoms. The zero-order chi connectivity index (χ0) is 20.1. The number of carbonyl (C=O) groups excluding carboxylic acids is 1. The lowest BCUT2D eigenvalue weighted by Crippen LogP contribution is -2.39. The molecule has 0 spiro atoms. The van der Waals surface area contributed by atoms with E-state index in [1.807, 2.05) is 4.90 Å². The standard InChI is InChI=1S/C20H27N3O5/c1-13-6-5-9-23(12-13)18(24)8-7-17-21-20(22-28-17)14-10-15(25-2)19(27-4)16(11-14)26-3/h10-11,13H,5-9,12H2,1-4H3/t13-/m1/s1. The van der Waals surface area contributed by atoms with Gasteiger partial charge in [0.05, 0.1) is 21.3 Å². The van der Waals surface area contributed by atoms with E-state index in [1.54, 1.807) is 33.5 Å². The molecule has 2 aromatic rings.